The van der Waals surface area contributed by atoms with E-state index >= 15 is 0 Å². The Morgan fingerprint density at radius 1 is 1.16 bits per heavy atom. The lowest BCUT2D eigenvalue weighted by Crippen LogP contribution is -2.56. The first-order valence-corrected chi connectivity index (χ1v) is 8.93. The average molecular weight is 347 g/mol. The van der Waals surface area contributed by atoms with Gasteiger partial charge in [0.05, 0.1) is 25.3 Å². The number of carbonyl (C=O) groups excluding carboxylic acids is 2. The van der Waals surface area contributed by atoms with Crippen molar-refractivity contribution in [2.75, 3.05) is 26.3 Å². The highest BCUT2D eigenvalue weighted by Gasteiger charge is 2.30. The van der Waals surface area contributed by atoms with E-state index in [1.807, 2.05) is 44.2 Å². The topological polar surface area (TPSA) is 84.7 Å². The van der Waals surface area contributed by atoms with Gasteiger partial charge < -0.3 is 15.4 Å². The zero-order valence-electron chi connectivity index (χ0n) is 15.1. The number of rotatable bonds is 8. The first-order valence-electron chi connectivity index (χ1n) is 8.93. The van der Waals surface area contributed by atoms with Crippen LogP contribution in [0.1, 0.15) is 25.8 Å². The highest BCUT2D eigenvalue weighted by molar-refractivity contribution is 5.85. The van der Waals surface area contributed by atoms with Gasteiger partial charge in [-0.3, -0.25) is 14.9 Å². The minimum Gasteiger partial charge on any atom is -0.378 e. The van der Waals surface area contributed by atoms with Crippen molar-refractivity contribution in [3.8, 4) is 0 Å². The van der Waals surface area contributed by atoms with E-state index in [-0.39, 0.29) is 5.91 Å². The zero-order chi connectivity index (χ0) is 18.2. The molecule has 0 spiro atoms. The second-order valence-corrected chi connectivity index (χ2v) is 6.93. The van der Waals surface area contributed by atoms with Gasteiger partial charge in [0.25, 0.3) is 0 Å². The fourth-order valence-electron chi connectivity index (χ4n) is 3.05. The Balaban J connectivity index is 2.14. The molecule has 2 rings (SSSR count). The van der Waals surface area contributed by atoms with Gasteiger partial charge in [0.15, 0.2) is 0 Å². The van der Waals surface area contributed by atoms with Crippen molar-refractivity contribution >= 4 is 11.8 Å². The third-order valence-electron chi connectivity index (χ3n) is 4.36. The van der Waals surface area contributed by atoms with E-state index in [1.165, 1.54) is 0 Å². The summed E-state index contributed by atoms with van der Waals surface area (Å²) < 4.78 is 5.33. The second-order valence-electron chi connectivity index (χ2n) is 6.93. The third-order valence-corrected chi connectivity index (χ3v) is 4.36. The molecular formula is C19H29N3O3. The molecule has 6 heteroatoms. The molecule has 1 saturated heterocycles. The van der Waals surface area contributed by atoms with Crippen LogP contribution in [-0.4, -0.2) is 55.1 Å². The van der Waals surface area contributed by atoms with Crippen LogP contribution in [-0.2, 0) is 20.7 Å². The molecule has 0 aromatic heterocycles. The molecule has 1 aromatic carbocycles. The largest absolute Gasteiger partial charge is 0.378 e. The summed E-state index contributed by atoms with van der Waals surface area (Å²) in [6.45, 7) is 6.33. The number of hydrogen-bond acceptors (Lipinski definition) is 4. The lowest BCUT2D eigenvalue weighted by molar-refractivity contribution is -0.138. The van der Waals surface area contributed by atoms with Gasteiger partial charge in [0.1, 0.15) is 0 Å². The van der Waals surface area contributed by atoms with Crippen molar-refractivity contribution in [1.82, 2.24) is 10.2 Å². The predicted molar refractivity (Wildman–Crippen MR) is 96.9 cm³/mol. The molecule has 0 unspecified atom stereocenters. The second kappa shape index (κ2) is 9.53. The number of hydrogen-bond donors (Lipinski definition) is 2. The molecule has 1 aliphatic heterocycles. The van der Waals surface area contributed by atoms with Crippen molar-refractivity contribution in [1.29, 1.82) is 0 Å². The smallest absolute Gasteiger partial charge is 0.240 e. The Labute approximate surface area is 149 Å². The van der Waals surface area contributed by atoms with Gasteiger partial charge in [-0.2, -0.15) is 0 Å². The van der Waals surface area contributed by atoms with E-state index in [0.29, 0.717) is 45.1 Å². The zero-order valence-corrected chi connectivity index (χ0v) is 15.1. The van der Waals surface area contributed by atoms with Gasteiger partial charge >= 0.3 is 0 Å². The summed E-state index contributed by atoms with van der Waals surface area (Å²) in [5, 5.41) is 3.22. The molecule has 0 aliphatic carbocycles. The first-order chi connectivity index (χ1) is 12.0. The molecule has 2 amide bonds. The van der Waals surface area contributed by atoms with Crippen molar-refractivity contribution < 1.29 is 14.3 Å². The highest BCUT2D eigenvalue weighted by atomic mass is 16.5. The maximum absolute atomic E-state index is 13.0. The maximum Gasteiger partial charge on any atom is 0.240 e. The predicted octanol–water partition coefficient (Wildman–Crippen LogP) is 0.946. The number of morpholine rings is 1. The molecule has 3 N–H and O–H groups in total. The van der Waals surface area contributed by atoms with E-state index in [0.717, 1.165) is 5.56 Å². The van der Waals surface area contributed by atoms with E-state index in [1.54, 1.807) is 4.90 Å². The summed E-state index contributed by atoms with van der Waals surface area (Å²) in [6, 6.07) is 8.83. The SMILES string of the molecule is CC(C)C[C@H](N[C@@H](Cc1ccccc1)C(=O)N1CCOCC1)C(N)=O. The summed E-state index contributed by atoms with van der Waals surface area (Å²) in [6.07, 6.45) is 1.13. The molecule has 0 saturated carbocycles. The number of carbonyl (C=O) groups is 2. The van der Waals surface area contributed by atoms with E-state index in [4.69, 9.17) is 10.5 Å². The van der Waals surface area contributed by atoms with Crippen LogP contribution >= 0.6 is 0 Å². The monoisotopic (exact) mass is 347 g/mol. The Hall–Kier alpha value is -1.92. The summed E-state index contributed by atoms with van der Waals surface area (Å²) in [5.74, 6) is -0.107. The molecular weight excluding hydrogens is 318 g/mol. The van der Waals surface area contributed by atoms with Crippen LogP contribution in [0.15, 0.2) is 30.3 Å². The summed E-state index contributed by atoms with van der Waals surface area (Å²) in [5.41, 5.74) is 6.61. The molecule has 2 atom stereocenters. The van der Waals surface area contributed by atoms with Gasteiger partial charge in [-0.25, -0.2) is 0 Å². The lowest BCUT2D eigenvalue weighted by Gasteiger charge is -2.32. The summed E-state index contributed by atoms with van der Waals surface area (Å²) in [7, 11) is 0. The van der Waals surface area contributed by atoms with Gasteiger partial charge in [-0.1, -0.05) is 44.2 Å². The first kappa shape index (κ1) is 19.4. The van der Waals surface area contributed by atoms with Crippen LogP contribution in [0.4, 0.5) is 0 Å². The van der Waals surface area contributed by atoms with Gasteiger partial charge in [0, 0.05) is 13.1 Å². The van der Waals surface area contributed by atoms with Crippen LogP contribution in [0.2, 0.25) is 0 Å². The molecule has 1 heterocycles. The summed E-state index contributed by atoms with van der Waals surface area (Å²) >= 11 is 0. The van der Waals surface area contributed by atoms with Crippen molar-refractivity contribution in [3.05, 3.63) is 35.9 Å². The van der Waals surface area contributed by atoms with E-state index in [9.17, 15) is 9.59 Å². The third kappa shape index (κ3) is 6.14. The molecule has 6 nitrogen and oxygen atoms in total. The lowest BCUT2D eigenvalue weighted by atomic mass is 9.99. The quantitative estimate of drug-likeness (QED) is 0.733. The number of nitrogens with zero attached hydrogens (tertiary/aromatic N) is 1. The van der Waals surface area contributed by atoms with E-state index in [2.05, 4.69) is 5.32 Å². The summed E-state index contributed by atoms with van der Waals surface area (Å²) in [4.78, 5) is 26.6. The number of amides is 2. The van der Waals surface area contributed by atoms with Crippen LogP contribution < -0.4 is 11.1 Å². The van der Waals surface area contributed by atoms with Crippen LogP contribution in [0.5, 0.6) is 0 Å². The van der Waals surface area contributed by atoms with Crippen molar-refractivity contribution in [2.45, 2.75) is 38.8 Å². The number of primary amides is 1. The molecule has 0 radical (unpaired) electrons. The number of nitrogens with one attached hydrogen (secondary N) is 1. The Morgan fingerprint density at radius 3 is 2.36 bits per heavy atom. The van der Waals surface area contributed by atoms with Gasteiger partial charge in [-0.15, -0.1) is 0 Å². The standard InChI is InChI=1S/C19H29N3O3/c1-14(2)12-16(18(20)23)21-17(13-15-6-4-3-5-7-15)19(24)22-8-10-25-11-9-22/h3-7,14,16-17,21H,8-13H2,1-2H3,(H2,20,23)/t16-,17-/m0/s1. The van der Waals surface area contributed by atoms with Gasteiger partial charge in [-0.05, 0) is 24.3 Å². The van der Waals surface area contributed by atoms with E-state index < -0.39 is 18.0 Å². The molecule has 25 heavy (non-hydrogen) atoms. The molecule has 1 aliphatic rings. The maximum atomic E-state index is 13.0. The fourth-order valence-corrected chi connectivity index (χ4v) is 3.05. The molecule has 1 fully saturated rings. The Bertz CT molecular complexity index is 556. The molecule has 1 aromatic rings. The van der Waals surface area contributed by atoms with Crippen LogP contribution in [0.25, 0.3) is 0 Å². The minimum absolute atomic E-state index is 0.00200. The number of benzene rings is 1. The number of nitrogens with two attached hydrogens (primary N) is 1. The van der Waals surface area contributed by atoms with Crippen LogP contribution in [0.3, 0.4) is 0 Å². The normalized spacial score (nSPS) is 17.3. The highest BCUT2D eigenvalue weighted by Crippen LogP contribution is 2.11. The number of ether oxygens (including phenoxy) is 1. The average Bonchev–Trinajstić information content (AvgIpc) is 2.61. The minimum atomic E-state index is -0.515. The molecule has 0 bridgehead atoms. The fraction of sp³-hybridized carbons (Fsp3) is 0.579. The van der Waals surface area contributed by atoms with Crippen molar-refractivity contribution in [3.63, 3.8) is 0 Å². The Kier molecular flexibility index (Phi) is 7.40. The van der Waals surface area contributed by atoms with Crippen molar-refractivity contribution in [2.24, 2.45) is 11.7 Å². The molecule has 138 valence electrons. The Morgan fingerprint density at radius 2 is 1.80 bits per heavy atom. The van der Waals surface area contributed by atoms with Gasteiger partial charge in [0.2, 0.25) is 11.8 Å². The van der Waals surface area contributed by atoms with Crippen LogP contribution in [0, 0.1) is 5.92 Å².